The van der Waals surface area contributed by atoms with Crippen LogP contribution in [-0.2, 0) is 0 Å². The third-order valence-electron chi connectivity index (χ3n) is 6.15. The van der Waals surface area contributed by atoms with Crippen molar-refractivity contribution in [2.24, 2.45) is 5.73 Å². The number of fused-ring (bicyclic) bond motifs is 1. The van der Waals surface area contributed by atoms with E-state index in [1.807, 2.05) is 24.3 Å². The Morgan fingerprint density at radius 2 is 2.06 bits per heavy atom. The largest absolute Gasteiger partial charge is 0.366 e. The lowest BCUT2D eigenvalue weighted by Crippen LogP contribution is -2.38. The molecule has 1 saturated carbocycles. The van der Waals surface area contributed by atoms with Crippen LogP contribution in [0.2, 0.25) is 0 Å². The number of carbonyl (C=O) groups is 2. The molecule has 1 aliphatic rings. The van der Waals surface area contributed by atoms with E-state index in [2.05, 4.69) is 20.9 Å². The van der Waals surface area contributed by atoms with Crippen molar-refractivity contribution in [3.05, 3.63) is 70.0 Å². The first-order chi connectivity index (χ1) is 16.5. The molecule has 1 fully saturated rings. The fourth-order valence-corrected chi connectivity index (χ4v) is 5.31. The first-order valence-corrected chi connectivity index (χ1v) is 11.9. The number of hydrogen-bond acceptors (Lipinski definition) is 6. The second-order valence-electron chi connectivity index (χ2n) is 8.35. The first kappa shape index (κ1) is 21.8. The van der Waals surface area contributed by atoms with Gasteiger partial charge in [0.1, 0.15) is 16.6 Å². The van der Waals surface area contributed by atoms with Crippen LogP contribution in [0.5, 0.6) is 0 Å². The Bertz CT molecular complexity index is 1420. The number of pyridine rings is 1. The van der Waals surface area contributed by atoms with Crippen molar-refractivity contribution in [2.75, 3.05) is 0 Å². The molecule has 0 spiro atoms. The molecule has 3 heterocycles. The number of nitrogens with two attached hydrogens (primary N) is 1. The van der Waals surface area contributed by atoms with Gasteiger partial charge in [-0.15, -0.1) is 11.3 Å². The van der Waals surface area contributed by atoms with Gasteiger partial charge in [-0.3, -0.25) is 14.6 Å². The van der Waals surface area contributed by atoms with Crippen LogP contribution < -0.4 is 11.1 Å². The van der Waals surface area contributed by atoms with Gasteiger partial charge in [-0.05, 0) is 68.1 Å². The number of nitrogens with one attached hydrogen (secondary N) is 1. The summed E-state index contributed by atoms with van der Waals surface area (Å²) in [7, 11) is 0. The zero-order valence-corrected chi connectivity index (χ0v) is 19.1. The summed E-state index contributed by atoms with van der Waals surface area (Å²) < 4.78 is 2.18. The molecule has 9 heteroatoms. The van der Waals surface area contributed by atoms with Gasteiger partial charge in [-0.1, -0.05) is 6.07 Å². The molecule has 3 N–H and O–H groups in total. The summed E-state index contributed by atoms with van der Waals surface area (Å²) in [6.07, 6.45) is 5.24. The number of rotatable bonds is 5. The number of primary amides is 1. The van der Waals surface area contributed by atoms with Crippen molar-refractivity contribution in [2.45, 2.75) is 37.8 Å². The molecule has 1 aliphatic carbocycles. The number of carbonyl (C=O) groups excluding carboxylic acids is 2. The van der Waals surface area contributed by atoms with Gasteiger partial charge in [0.2, 0.25) is 5.91 Å². The lowest BCUT2D eigenvalue weighted by Gasteiger charge is -2.31. The highest BCUT2D eigenvalue weighted by atomic mass is 32.1. The van der Waals surface area contributed by atoms with Gasteiger partial charge in [-0.2, -0.15) is 5.26 Å². The molecule has 34 heavy (non-hydrogen) atoms. The second kappa shape index (κ2) is 9.08. The average molecular weight is 471 g/mol. The molecule has 8 nitrogen and oxygen atoms in total. The third kappa shape index (κ3) is 4.16. The number of hydrogen-bond donors (Lipinski definition) is 2. The third-order valence-corrected chi connectivity index (χ3v) is 7.14. The Balaban J connectivity index is 1.48. The highest BCUT2D eigenvalue weighted by Crippen LogP contribution is 2.36. The van der Waals surface area contributed by atoms with Gasteiger partial charge in [-0.25, -0.2) is 4.98 Å². The number of nitrogens with zero attached hydrogens (tertiary/aromatic N) is 4. The zero-order chi connectivity index (χ0) is 23.7. The lowest BCUT2D eigenvalue weighted by atomic mass is 9.90. The average Bonchev–Trinajstić information content (AvgIpc) is 3.49. The summed E-state index contributed by atoms with van der Waals surface area (Å²) >= 11 is 1.20. The van der Waals surface area contributed by atoms with Crippen LogP contribution in [0.4, 0.5) is 0 Å². The van der Waals surface area contributed by atoms with Crippen molar-refractivity contribution >= 4 is 34.2 Å². The maximum Gasteiger partial charge on any atom is 0.261 e. The fourth-order valence-electron chi connectivity index (χ4n) is 4.60. The van der Waals surface area contributed by atoms with E-state index in [1.165, 1.54) is 11.3 Å². The van der Waals surface area contributed by atoms with E-state index in [-0.39, 0.29) is 18.0 Å². The van der Waals surface area contributed by atoms with Crippen molar-refractivity contribution in [3.63, 3.8) is 0 Å². The number of thiophene rings is 1. The van der Waals surface area contributed by atoms with Gasteiger partial charge in [0.25, 0.3) is 5.91 Å². The van der Waals surface area contributed by atoms with Crippen molar-refractivity contribution < 1.29 is 9.59 Å². The van der Waals surface area contributed by atoms with Gasteiger partial charge in [0.15, 0.2) is 5.82 Å². The van der Waals surface area contributed by atoms with Crippen LogP contribution in [0.25, 0.3) is 22.6 Å². The Kier molecular flexibility index (Phi) is 5.82. The predicted octanol–water partition coefficient (Wildman–Crippen LogP) is 4.04. The van der Waals surface area contributed by atoms with Crippen LogP contribution in [0.3, 0.4) is 0 Å². The van der Waals surface area contributed by atoms with Gasteiger partial charge in [0.05, 0.1) is 15.9 Å². The molecular weight excluding hydrogens is 448 g/mol. The number of aromatic nitrogens is 3. The first-order valence-electron chi connectivity index (χ1n) is 11.1. The Morgan fingerprint density at radius 3 is 2.79 bits per heavy atom. The molecule has 0 unspecified atom stereocenters. The van der Waals surface area contributed by atoms with Crippen molar-refractivity contribution in [1.82, 2.24) is 19.9 Å². The minimum absolute atomic E-state index is 0.00203. The van der Waals surface area contributed by atoms with E-state index in [0.29, 0.717) is 20.8 Å². The number of nitriles is 1. The Morgan fingerprint density at radius 1 is 1.18 bits per heavy atom. The molecule has 170 valence electrons. The maximum absolute atomic E-state index is 12.8. The molecule has 5 rings (SSSR count). The summed E-state index contributed by atoms with van der Waals surface area (Å²) in [4.78, 5) is 34.9. The zero-order valence-electron chi connectivity index (χ0n) is 18.3. The highest BCUT2D eigenvalue weighted by Gasteiger charge is 2.29. The molecule has 0 bridgehead atoms. The van der Waals surface area contributed by atoms with E-state index < -0.39 is 5.91 Å². The van der Waals surface area contributed by atoms with E-state index in [4.69, 9.17) is 16.0 Å². The van der Waals surface area contributed by atoms with Gasteiger partial charge in [0, 0.05) is 23.8 Å². The Labute approximate surface area is 200 Å². The molecule has 1 aromatic carbocycles. The summed E-state index contributed by atoms with van der Waals surface area (Å²) in [6, 6.07) is 16.5. The smallest absolute Gasteiger partial charge is 0.261 e. The van der Waals surface area contributed by atoms with Crippen LogP contribution in [0, 0.1) is 11.3 Å². The van der Waals surface area contributed by atoms with E-state index >= 15 is 0 Å². The highest BCUT2D eigenvalue weighted by molar-refractivity contribution is 7.14. The SMILES string of the molecule is N#Cc1ccc(C(=O)N[C@H]2CCC[C@@H](n3c(-c4ccccn4)nc4cc(C(N)=O)ccc43)C2)s1. The molecule has 4 aromatic rings. The van der Waals surface area contributed by atoms with E-state index in [9.17, 15) is 9.59 Å². The van der Waals surface area contributed by atoms with Crippen molar-refractivity contribution in [3.8, 4) is 17.6 Å². The fraction of sp³-hybridized carbons (Fsp3) is 0.240. The van der Waals surface area contributed by atoms with Gasteiger partial charge >= 0.3 is 0 Å². The van der Waals surface area contributed by atoms with Gasteiger partial charge < -0.3 is 15.6 Å². The molecule has 2 atom stereocenters. The molecule has 2 amide bonds. The van der Waals surface area contributed by atoms with Crippen LogP contribution in [-0.4, -0.2) is 32.4 Å². The molecule has 3 aromatic heterocycles. The number of benzene rings is 1. The van der Waals surface area contributed by atoms with Crippen LogP contribution in [0.1, 0.15) is 56.6 Å². The quantitative estimate of drug-likeness (QED) is 0.455. The summed E-state index contributed by atoms with van der Waals surface area (Å²) in [6.45, 7) is 0. The van der Waals surface area contributed by atoms with Crippen molar-refractivity contribution in [1.29, 1.82) is 5.26 Å². The Hall–Kier alpha value is -4.03. The molecule has 0 saturated heterocycles. The second-order valence-corrected chi connectivity index (χ2v) is 9.44. The normalized spacial score (nSPS) is 17.9. The minimum atomic E-state index is -0.496. The summed E-state index contributed by atoms with van der Waals surface area (Å²) in [5.74, 6) is 0.0826. The standard InChI is InChI=1S/C25H22N6O2S/c26-14-18-8-10-22(34-18)25(33)29-16-4-3-5-17(13-16)31-21-9-7-15(23(27)32)12-20(21)30-24(31)19-6-1-2-11-28-19/h1-2,6-12,16-17H,3-5,13H2,(H2,27,32)(H,29,33)/t16-,17+/m0/s1. The minimum Gasteiger partial charge on any atom is -0.366 e. The van der Waals surface area contributed by atoms with Crippen LogP contribution in [0.15, 0.2) is 54.7 Å². The lowest BCUT2D eigenvalue weighted by molar-refractivity contribution is 0.0924. The molecule has 0 radical (unpaired) electrons. The number of imidazole rings is 1. The topological polar surface area (TPSA) is 127 Å². The number of amides is 2. The van der Waals surface area contributed by atoms with E-state index in [1.54, 1.807) is 30.5 Å². The summed E-state index contributed by atoms with van der Waals surface area (Å²) in [5.41, 5.74) is 8.22. The van der Waals surface area contributed by atoms with E-state index in [0.717, 1.165) is 42.7 Å². The monoisotopic (exact) mass is 470 g/mol. The molecular formula is C25H22N6O2S. The summed E-state index contributed by atoms with van der Waals surface area (Å²) in [5, 5.41) is 12.2. The molecule has 0 aliphatic heterocycles. The maximum atomic E-state index is 12.8. The predicted molar refractivity (Wildman–Crippen MR) is 129 cm³/mol. The van der Waals surface area contributed by atoms with Crippen LogP contribution >= 0.6 is 11.3 Å².